The summed E-state index contributed by atoms with van der Waals surface area (Å²) in [6.07, 6.45) is 3.92. The first-order valence-corrected chi connectivity index (χ1v) is 8.08. The fourth-order valence-corrected chi connectivity index (χ4v) is 2.97. The normalized spacial score (nSPS) is 15.7. The molecular weight excluding hydrogens is 288 g/mol. The number of hydrogen-bond donors (Lipinski definition) is 0. The Labute approximate surface area is 137 Å². The van der Waals surface area contributed by atoms with Gasteiger partial charge in [-0.25, -0.2) is 0 Å². The molecule has 0 saturated carbocycles. The fraction of sp³-hybridized carbons (Fsp3) is 0.368. The lowest BCUT2D eigenvalue weighted by molar-refractivity contribution is 0.0793. The molecule has 2 heterocycles. The summed E-state index contributed by atoms with van der Waals surface area (Å²) in [7, 11) is 1.69. The third kappa shape index (κ3) is 3.27. The second kappa shape index (κ2) is 6.92. The van der Waals surface area contributed by atoms with Crippen LogP contribution in [0, 0.1) is 0 Å². The van der Waals surface area contributed by atoms with Crippen LogP contribution in [0.4, 0.5) is 0 Å². The number of pyridine rings is 1. The zero-order valence-electron chi connectivity index (χ0n) is 13.7. The van der Waals surface area contributed by atoms with Gasteiger partial charge in [-0.3, -0.25) is 9.78 Å². The summed E-state index contributed by atoms with van der Waals surface area (Å²) in [5, 5.41) is 0. The third-order valence-electron chi connectivity index (χ3n) is 4.41. The minimum atomic E-state index is 0.0106. The summed E-state index contributed by atoms with van der Waals surface area (Å²) in [5.74, 6) is 0.0794. The number of nitrogens with zero attached hydrogens (tertiary/aromatic N) is 2. The summed E-state index contributed by atoms with van der Waals surface area (Å²) in [6.45, 7) is 3.69. The number of hydrogen-bond acceptors (Lipinski definition) is 3. The van der Waals surface area contributed by atoms with Crippen LogP contribution in [-0.2, 0) is 4.74 Å². The van der Waals surface area contributed by atoms with Gasteiger partial charge >= 0.3 is 0 Å². The molecule has 1 amide bonds. The largest absolute Gasteiger partial charge is 0.377 e. The molecule has 0 spiro atoms. The molecular formula is C19H22N2O2. The second-order valence-electron chi connectivity index (χ2n) is 5.90. The van der Waals surface area contributed by atoms with Crippen molar-refractivity contribution in [3.05, 3.63) is 53.7 Å². The van der Waals surface area contributed by atoms with Gasteiger partial charge in [0.25, 0.3) is 5.91 Å². The number of methoxy groups -OCH3 is 1. The van der Waals surface area contributed by atoms with Crippen molar-refractivity contribution in [2.75, 3.05) is 20.2 Å². The van der Waals surface area contributed by atoms with Crippen LogP contribution in [0.3, 0.4) is 0 Å². The van der Waals surface area contributed by atoms with Gasteiger partial charge in [0, 0.05) is 32.0 Å². The maximum Gasteiger partial charge on any atom is 0.256 e. The van der Waals surface area contributed by atoms with E-state index in [1.54, 1.807) is 13.3 Å². The zero-order chi connectivity index (χ0) is 16.2. The van der Waals surface area contributed by atoms with E-state index in [2.05, 4.69) is 11.1 Å². The highest BCUT2D eigenvalue weighted by Crippen LogP contribution is 2.27. The van der Waals surface area contributed by atoms with Crippen molar-refractivity contribution in [2.24, 2.45) is 0 Å². The topological polar surface area (TPSA) is 42.4 Å². The quantitative estimate of drug-likeness (QED) is 0.865. The van der Waals surface area contributed by atoms with Crippen molar-refractivity contribution >= 4 is 5.91 Å². The molecule has 1 atom stereocenters. The first kappa shape index (κ1) is 15.7. The number of carbonyl (C=O) groups excluding carboxylic acids is 1. The lowest BCUT2D eigenvalue weighted by Crippen LogP contribution is -2.28. The van der Waals surface area contributed by atoms with E-state index in [0.29, 0.717) is 5.56 Å². The molecule has 1 unspecified atom stereocenters. The van der Waals surface area contributed by atoms with Gasteiger partial charge in [-0.1, -0.05) is 18.2 Å². The summed E-state index contributed by atoms with van der Waals surface area (Å²) in [6, 6.07) is 11.8. The van der Waals surface area contributed by atoms with Crippen molar-refractivity contribution in [1.82, 2.24) is 9.88 Å². The molecule has 120 valence electrons. The van der Waals surface area contributed by atoms with Crippen LogP contribution in [0.1, 0.15) is 41.8 Å². The molecule has 1 saturated heterocycles. The Morgan fingerprint density at radius 2 is 2.00 bits per heavy atom. The molecule has 23 heavy (non-hydrogen) atoms. The van der Waals surface area contributed by atoms with Crippen LogP contribution in [0.15, 0.2) is 42.6 Å². The Balaban J connectivity index is 1.98. The first-order valence-electron chi connectivity index (χ1n) is 8.08. The van der Waals surface area contributed by atoms with Gasteiger partial charge in [-0.2, -0.15) is 0 Å². The van der Waals surface area contributed by atoms with Crippen LogP contribution >= 0.6 is 0 Å². The molecule has 1 aliphatic heterocycles. The van der Waals surface area contributed by atoms with E-state index in [0.717, 1.165) is 42.8 Å². The van der Waals surface area contributed by atoms with Crippen LogP contribution in [0.2, 0.25) is 0 Å². The Bertz CT molecular complexity index is 693. The van der Waals surface area contributed by atoms with Crippen molar-refractivity contribution in [2.45, 2.75) is 25.9 Å². The molecule has 1 aromatic carbocycles. The molecule has 1 aromatic heterocycles. The fourth-order valence-electron chi connectivity index (χ4n) is 2.97. The van der Waals surface area contributed by atoms with Gasteiger partial charge in [0.2, 0.25) is 0 Å². The maximum absolute atomic E-state index is 12.8. The van der Waals surface area contributed by atoms with Gasteiger partial charge in [-0.15, -0.1) is 0 Å². The predicted molar refractivity (Wildman–Crippen MR) is 90.2 cm³/mol. The summed E-state index contributed by atoms with van der Waals surface area (Å²) < 4.78 is 5.39. The molecule has 2 aromatic rings. The number of benzene rings is 1. The van der Waals surface area contributed by atoms with E-state index in [1.807, 2.05) is 42.2 Å². The maximum atomic E-state index is 12.8. The van der Waals surface area contributed by atoms with E-state index in [9.17, 15) is 4.79 Å². The SMILES string of the molecule is COC(C)c1cccc(-c2ncccc2C(=O)N2CCCC2)c1. The number of carbonyl (C=O) groups is 1. The smallest absolute Gasteiger partial charge is 0.256 e. The minimum Gasteiger partial charge on any atom is -0.377 e. The first-order chi connectivity index (χ1) is 11.2. The predicted octanol–water partition coefficient (Wildman–Crippen LogP) is 3.69. The van der Waals surface area contributed by atoms with Crippen LogP contribution in [0.5, 0.6) is 0 Å². The molecule has 1 fully saturated rings. The van der Waals surface area contributed by atoms with Gasteiger partial charge in [0.15, 0.2) is 0 Å². The Morgan fingerprint density at radius 1 is 1.22 bits per heavy atom. The molecule has 4 heteroatoms. The Morgan fingerprint density at radius 3 is 2.74 bits per heavy atom. The Hall–Kier alpha value is -2.20. The molecule has 0 radical (unpaired) electrons. The van der Waals surface area contributed by atoms with Gasteiger partial charge < -0.3 is 9.64 Å². The Kier molecular flexibility index (Phi) is 4.72. The zero-order valence-corrected chi connectivity index (χ0v) is 13.7. The van der Waals surface area contributed by atoms with Gasteiger partial charge in [0.05, 0.1) is 17.4 Å². The molecule has 0 aliphatic carbocycles. The average Bonchev–Trinajstić information content (AvgIpc) is 3.15. The second-order valence-corrected chi connectivity index (χ2v) is 5.90. The average molecular weight is 310 g/mol. The van der Waals surface area contributed by atoms with E-state index in [-0.39, 0.29) is 12.0 Å². The number of ether oxygens (including phenoxy) is 1. The van der Waals surface area contributed by atoms with Crippen molar-refractivity contribution in [3.63, 3.8) is 0 Å². The monoisotopic (exact) mass is 310 g/mol. The molecule has 3 rings (SSSR count). The lowest BCUT2D eigenvalue weighted by Gasteiger charge is -2.18. The highest BCUT2D eigenvalue weighted by molar-refractivity contribution is 6.00. The summed E-state index contributed by atoms with van der Waals surface area (Å²) >= 11 is 0. The number of rotatable bonds is 4. The number of amides is 1. The van der Waals surface area contributed by atoms with E-state index < -0.39 is 0 Å². The number of aromatic nitrogens is 1. The standard InChI is InChI=1S/C19H22N2O2/c1-14(23-2)15-7-5-8-16(13-15)18-17(9-6-10-20-18)19(22)21-11-3-4-12-21/h5-10,13-14H,3-4,11-12H2,1-2H3. The van der Waals surface area contributed by atoms with Crippen LogP contribution in [-0.4, -0.2) is 36.0 Å². The highest BCUT2D eigenvalue weighted by atomic mass is 16.5. The minimum absolute atomic E-state index is 0.0106. The number of likely N-dealkylation sites (tertiary alicyclic amines) is 1. The summed E-state index contributed by atoms with van der Waals surface area (Å²) in [4.78, 5) is 19.2. The van der Waals surface area contributed by atoms with Crippen molar-refractivity contribution in [3.8, 4) is 11.3 Å². The van der Waals surface area contributed by atoms with E-state index in [4.69, 9.17) is 4.74 Å². The molecule has 4 nitrogen and oxygen atoms in total. The van der Waals surface area contributed by atoms with Crippen molar-refractivity contribution in [1.29, 1.82) is 0 Å². The molecule has 0 N–H and O–H groups in total. The van der Waals surface area contributed by atoms with Gasteiger partial charge in [0.1, 0.15) is 0 Å². The molecule has 0 bridgehead atoms. The third-order valence-corrected chi connectivity index (χ3v) is 4.41. The highest BCUT2D eigenvalue weighted by Gasteiger charge is 2.23. The van der Waals surface area contributed by atoms with E-state index >= 15 is 0 Å². The lowest BCUT2D eigenvalue weighted by atomic mass is 10.0. The van der Waals surface area contributed by atoms with Crippen LogP contribution in [0.25, 0.3) is 11.3 Å². The van der Waals surface area contributed by atoms with Crippen molar-refractivity contribution < 1.29 is 9.53 Å². The van der Waals surface area contributed by atoms with Gasteiger partial charge in [-0.05, 0) is 43.5 Å². The molecule has 1 aliphatic rings. The van der Waals surface area contributed by atoms with Crippen LogP contribution < -0.4 is 0 Å². The summed E-state index contributed by atoms with van der Waals surface area (Å²) in [5.41, 5.74) is 3.45. The van der Waals surface area contributed by atoms with E-state index in [1.165, 1.54) is 0 Å².